The predicted molar refractivity (Wildman–Crippen MR) is 104 cm³/mol. The Hall–Kier alpha value is -2.05. The van der Waals surface area contributed by atoms with Crippen molar-refractivity contribution in [1.29, 1.82) is 0 Å². The molecule has 26 heavy (non-hydrogen) atoms. The fourth-order valence-electron chi connectivity index (χ4n) is 3.40. The van der Waals surface area contributed by atoms with Gasteiger partial charge >= 0.3 is 0 Å². The van der Waals surface area contributed by atoms with Crippen LogP contribution < -0.4 is 10.2 Å². The van der Waals surface area contributed by atoms with Crippen molar-refractivity contribution in [2.24, 2.45) is 5.92 Å². The Morgan fingerprint density at radius 1 is 1.35 bits per heavy atom. The maximum atomic E-state index is 12.8. The van der Waals surface area contributed by atoms with E-state index in [1.807, 2.05) is 30.5 Å². The molecule has 6 heteroatoms. The third-order valence-corrected chi connectivity index (χ3v) is 5.55. The van der Waals surface area contributed by atoms with Crippen LogP contribution in [-0.4, -0.2) is 42.1 Å². The highest BCUT2D eigenvalue weighted by Gasteiger charge is 2.26. The third-order valence-electron chi connectivity index (χ3n) is 4.80. The number of aromatic amines is 1. The van der Waals surface area contributed by atoms with Gasteiger partial charge in [-0.25, -0.2) is 0 Å². The summed E-state index contributed by atoms with van der Waals surface area (Å²) < 4.78 is 5.00. The van der Waals surface area contributed by atoms with Crippen LogP contribution in [0.1, 0.15) is 28.9 Å². The van der Waals surface area contributed by atoms with Crippen LogP contribution in [-0.2, 0) is 6.54 Å². The zero-order valence-corrected chi connectivity index (χ0v) is 16.0. The van der Waals surface area contributed by atoms with Gasteiger partial charge in [0.1, 0.15) is 0 Å². The molecule has 0 bridgehead atoms. The lowest BCUT2D eigenvalue weighted by atomic mass is 9.90. The second-order valence-electron chi connectivity index (χ2n) is 6.56. The van der Waals surface area contributed by atoms with Gasteiger partial charge in [0.05, 0.1) is 7.11 Å². The van der Waals surface area contributed by atoms with Crippen LogP contribution in [0.2, 0.25) is 0 Å². The van der Waals surface area contributed by atoms with E-state index < -0.39 is 0 Å². The lowest BCUT2D eigenvalue weighted by Gasteiger charge is -2.31. The minimum atomic E-state index is -0.125. The number of H-pyrrole nitrogens is 1. The summed E-state index contributed by atoms with van der Waals surface area (Å²) in [6, 6.07) is 9.43. The second-order valence-corrected chi connectivity index (χ2v) is 7.44. The highest BCUT2D eigenvalue weighted by molar-refractivity contribution is 7.98. The first-order valence-electron chi connectivity index (χ1n) is 8.77. The second kappa shape index (κ2) is 8.56. The summed E-state index contributed by atoms with van der Waals surface area (Å²) in [6.45, 7) is 2.29. The van der Waals surface area contributed by atoms with Gasteiger partial charge in [0, 0.05) is 47.4 Å². The molecule has 138 valence electrons. The van der Waals surface area contributed by atoms with E-state index in [0.717, 1.165) is 42.1 Å². The molecule has 1 saturated heterocycles. The van der Waals surface area contributed by atoms with Gasteiger partial charge in [0.2, 0.25) is 5.43 Å². The maximum Gasteiger partial charge on any atom is 0.223 e. The molecular weight excluding hydrogens is 348 g/mol. The number of ketones is 1. The number of rotatable bonds is 6. The molecule has 1 aromatic heterocycles. The van der Waals surface area contributed by atoms with Crippen molar-refractivity contribution in [3.8, 4) is 5.75 Å². The molecule has 0 radical (unpaired) electrons. The van der Waals surface area contributed by atoms with Crippen molar-refractivity contribution in [3.05, 3.63) is 58.0 Å². The van der Waals surface area contributed by atoms with E-state index >= 15 is 0 Å². The van der Waals surface area contributed by atoms with Crippen LogP contribution in [0, 0.1) is 5.92 Å². The summed E-state index contributed by atoms with van der Waals surface area (Å²) in [7, 11) is 1.48. The normalized spacial score (nSPS) is 17.8. The van der Waals surface area contributed by atoms with Crippen molar-refractivity contribution in [3.63, 3.8) is 0 Å². The van der Waals surface area contributed by atoms with E-state index in [0.29, 0.717) is 12.3 Å². The molecule has 1 N–H and O–H groups in total. The lowest BCUT2D eigenvalue weighted by molar-refractivity contribution is 0.0810. The van der Waals surface area contributed by atoms with Gasteiger partial charge in [-0.3, -0.25) is 14.5 Å². The Morgan fingerprint density at radius 2 is 2.12 bits per heavy atom. The molecule has 1 atom stereocenters. The van der Waals surface area contributed by atoms with Crippen LogP contribution in [0.5, 0.6) is 5.75 Å². The number of carbonyl (C=O) groups is 1. The first-order chi connectivity index (χ1) is 12.6. The van der Waals surface area contributed by atoms with Gasteiger partial charge in [-0.1, -0.05) is 12.1 Å². The molecule has 0 spiro atoms. The van der Waals surface area contributed by atoms with Crippen molar-refractivity contribution in [1.82, 2.24) is 9.88 Å². The number of likely N-dealkylation sites (tertiary alicyclic amines) is 1. The molecule has 1 fully saturated rings. The fraction of sp³-hybridized carbons (Fsp3) is 0.400. The minimum Gasteiger partial charge on any atom is -0.491 e. The third kappa shape index (κ3) is 4.37. The molecule has 3 rings (SSSR count). The van der Waals surface area contributed by atoms with Gasteiger partial charge in [-0.15, -0.1) is 11.8 Å². The molecular formula is C20H24N2O3S. The van der Waals surface area contributed by atoms with Crippen molar-refractivity contribution < 1.29 is 9.53 Å². The van der Waals surface area contributed by atoms with Crippen LogP contribution in [0.4, 0.5) is 0 Å². The summed E-state index contributed by atoms with van der Waals surface area (Å²) >= 11 is 1.67. The van der Waals surface area contributed by atoms with Crippen LogP contribution >= 0.6 is 11.8 Å². The molecule has 2 aromatic rings. The van der Waals surface area contributed by atoms with E-state index in [4.69, 9.17) is 4.74 Å². The average Bonchev–Trinajstić information content (AvgIpc) is 2.68. The van der Waals surface area contributed by atoms with Gasteiger partial charge in [0.25, 0.3) is 0 Å². The zero-order chi connectivity index (χ0) is 18.5. The molecule has 0 saturated carbocycles. The fourth-order valence-corrected chi connectivity index (χ4v) is 3.80. The summed E-state index contributed by atoms with van der Waals surface area (Å²) in [4.78, 5) is 31.2. The number of benzene rings is 1. The van der Waals surface area contributed by atoms with E-state index in [2.05, 4.69) is 9.88 Å². The zero-order valence-electron chi connectivity index (χ0n) is 15.2. The number of hydrogen-bond acceptors (Lipinski definition) is 5. The lowest BCUT2D eigenvalue weighted by Crippen LogP contribution is -2.38. The average molecular weight is 372 g/mol. The van der Waals surface area contributed by atoms with E-state index in [1.165, 1.54) is 7.11 Å². The van der Waals surface area contributed by atoms with E-state index in [1.54, 1.807) is 24.0 Å². The number of carbonyl (C=O) groups excluding carboxylic acids is 1. The van der Waals surface area contributed by atoms with Gasteiger partial charge in [-0.05, 0) is 37.8 Å². The number of nitrogens with zero attached hydrogens (tertiary/aromatic N) is 1. The molecule has 1 aliphatic heterocycles. The molecule has 0 unspecified atom stereocenters. The van der Waals surface area contributed by atoms with Crippen LogP contribution in [0.3, 0.4) is 0 Å². The highest BCUT2D eigenvalue weighted by Crippen LogP contribution is 2.23. The van der Waals surface area contributed by atoms with Crippen molar-refractivity contribution in [2.45, 2.75) is 24.3 Å². The molecule has 0 aliphatic carbocycles. The molecule has 1 aliphatic rings. The Labute approximate surface area is 157 Å². The van der Waals surface area contributed by atoms with Crippen LogP contribution in [0.15, 0.2) is 46.2 Å². The number of ether oxygens (including phenoxy) is 1. The highest BCUT2D eigenvalue weighted by atomic mass is 32.2. The van der Waals surface area contributed by atoms with Crippen molar-refractivity contribution >= 4 is 17.5 Å². The molecule has 0 amide bonds. The molecule has 1 aromatic carbocycles. The first kappa shape index (κ1) is 18.7. The smallest absolute Gasteiger partial charge is 0.223 e. The Bertz CT molecular complexity index is 817. The van der Waals surface area contributed by atoms with Crippen molar-refractivity contribution in [2.75, 3.05) is 26.5 Å². The standard InChI is InChI=1S/C20H24N2O3S/c1-25-19-11-21-16(10-18(19)23)13-22-9-3-4-15(12-22)20(24)14-5-7-17(26-2)8-6-14/h5-8,10-11,15H,3-4,9,12-13H2,1-2H3,(H,21,23)/t15-/m0/s1. The number of hydrogen-bond donors (Lipinski definition) is 1. The number of aromatic nitrogens is 1. The SMILES string of the molecule is COc1c[nH]c(CN2CCC[C@H](C(=O)c3ccc(SC)cc3)C2)cc1=O. The number of Topliss-reactive ketones (excluding diaryl/α,β-unsaturated/α-hetero) is 1. The van der Waals surface area contributed by atoms with E-state index in [9.17, 15) is 9.59 Å². The summed E-state index contributed by atoms with van der Waals surface area (Å²) in [6.07, 6.45) is 5.52. The monoisotopic (exact) mass is 372 g/mol. The Morgan fingerprint density at radius 3 is 2.77 bits per heavy atom. The quantitative estimate of drug-likeness (QED) is 0.623. The predicted octanol–water partition coefficient (Wildman–Crippen LogP) is 3.20. The largest absolute Gasteiger partial charge is 0.491 e. The van der Waals surface area contributed by atoms with E-state index in [-0.39, 0.29) is 17.1 Å². The van der Waals surface area contributed by atoms with Gasteiger partial charge in [-0.2, -0.15) is 0 Å². The topological polar surface area (TPSA) is 62.4 Å². The number of thioether (sulfide) groups is 1. The van der Waals surface area contributed by atoms with Gasteiger partial charge < -0.3 is 9.72 Å². The minimum absolute atomic E-state index is 0.00819. The summed E-state index contributed by atoms with van der Waals surface area (Å²) in [5.41, 5.74) is 1.50. The number of pyridine rings is 1. The molecule has 2 heterocycles. The molecule has 5 nitrogen and oxygen atoms in total. The number of piperidine rings is 1. The Kier molecular flexibility index (Phi) is 6.16. The Balaban J connectivity index is 1.65. The number of nitrogens with one attached hydrogen (secondary N) is 1. The van der Waals surface area contributed by atoms with Gasteiger partial charge in [0.15, 0.2) is 11.5 Å². The summed E-state index contributed by atoms with van der Waals surface area (Å²) in [5.74, 6) is 0.536. The van der Waals surface area contributed by atoms with Crippen LogP contribution in [0.25, 0.3) is 0 Å². The maximum absolute atomic E-state index is 12.8. The number of methoxy groups -OCH3 is 1. The summed E-state index contributed by atoms with van der Waals surface area (Å²) in [5, 5.41) is 0. The first-order valence-corrected chi connectivity index (χ1v) is 9.99.